The molecule has 0 unspecified atom stereocenters. The van der Waals surface area contributed by atoms with E-state index in [1.165, 1.54) is 32.1 Å². The number of nitrogens with one attached hydrogen (secondary N) is 2. The standard InChI is InChI=1S/C31H34N6O/c1-36-15-17-37(18-16-36)25-9-12-29(33-20-25)35-28-11-10-26(27-21-34-31(38)30(27)28)23-13-14-32-24(19-23)8-7-22-5-3-2-4-6-22/h9-14,19-20,22H,2-6,15-18,21H2,1H3,(H,33,35)(H,34,38). The summed E-state index contributed by atoms with van der Waals surface area (Å²) >= 11 is 0. The van der Waals surface area contributed by atoms with Crippen LogP contribution in [0.4, 0.5) is 17.2 Å². The molecule has 6 rings (SSSR count). The van der Waals surface area contributed by atoms with Crippen molar-refractivity contribution >= 4 is 23.1 Å². The summed E-state index contributed by atoms with van der Waals surface area (Å²) in [5, 5.41) is 6.39. The summed E-state index contributed by atoms with van der Waals surface area (Å²) in [5.41, 5.74) is 6.41. The fourth-order valence-corrected chi connectivity index (χ4v) is 5.66. The highest BCUT2D eigenvalue weighted by atomic mass is 16.1. The Morgan fingerprint density at radius 2 is 1.84 bits per heavy atom. The molecule has 38 heavy (non-hydrogen) atoms. The summed E-state index contributed by atoms with van der Waals surface area (Å²) in [6.07, 6.45) is 9.98. The fraction of sp³-hybridized carbons (Fsp3) is 0.387. The third-order valence-electron chi connectivity index (χ3n) is 7.93. The summed E-state index contributed by atoms with van der Waals surface area (Å²) in [7, 11) is 2.16. The molecule has 2 N–H and O–H groups in total. The van der Waals surface area contributed by atoms with Crippen LogP contribution in [0.5, 0.6) is 0 Å². The zero-order chi connectivity index (χ0) is 25.9. The van der Waals surface area contributed by atoms with Crippen LogP contribution in [0.25, 0.3) is 11.1 Å². The Morgan fingerprint density at radius 3 is 2.63 bits per heavy atom. The van der Waals surface area contributed by atoms with E-state index in [0.29, 0.717) is 18.0 Å². The Balaban J connectivity index is 1.23. The Bertz CT molecular complexity index is 1380. The number of hydrogen-bond acceptors (Lipinski definition) is 6. The van der Waals surface area contributed by atoms with Gasteiger partial charge in [0.15, 0.2) is 0 Å². The lowest BCUT2D eigenvalue weighted by Gasteiger charge is -2.33. The van der Waals surface area contributed by atoms with Gasteiger partial charge in [0, 0.05) is 44.8 Å². The number of aromatic nitrogens is 2. The van der Waals surface area contributed by atoms with Crippen molar-refractivity contribution < 1.29 is 4.79 Å². The molecule has 2 fully saturated rings. The molecule has 2 aromatic heterocycles. The van der Waals surface area contributed by atoms with E-state index in [0.717, 1.165) is 65.8 Å². The van der Waals surface area contributed by atoms with E-state index in [9.17, 15) is 4.79 Å². The van der Waals surface area contributed by atoms with E-state index in [4.69, 9.17) is 0 Å². The number of piperazine rings is 1. The molecule has 1 aromatic carbocycles. The van der Waals surface area contributed by atoms with Crippen LogP contribution in [-0.4, -0.2) is 54.0 Å². The first kappa shape index (κ1) is 24.4. The first-order valence-electron chi connectivity index (χ1n) is 13.7. The highest BCUT2D eigenvalue weighted by molar-refractivity contribution is 6.06. The van der Waals surface area contributed by atoms with Gasteiger partial charge in [-0.1, -0.05) is 31.2 Å². The molecule has 7 heteroatoms. The summed E-state index contributed by atoms with van der Waals surface area (Å²) in [6.45, 7) is 4.62. The quantitative estimate of drug-likeness (QED) is 0.495. The lowest BCUT2D eigenvalue weighted by Crippen LogP contribution is -2.44. The smallest absolute Gasteiger partial charge is 0.254 e. The van der Waals surface area contributed by atoms with Crippen molar-refractivity contribution in [3.05, 3.63) is 65.6 Å². The number of hydrogen-bond donors (Lipinski definition) is 2. The van der Waals surface area contributed by atoms with Crippen molar-refractivity contribution in [2.24, 2.45) is 5.92 Å². The summed E-state index contributed by atoms with van der Waals surface area (Å²) < 4.78 is 0. The number of likely N-dealkylation sites (N-methyl/N-ethyl adjacent to an activating group) is 1. The predicted octanol–water partition coefficient (Wildman–Crippen LogP) is 4.81. The van der Waals surface area contributed by atoms with Crippen molar-refractivity contribution in [1.82, 2.24) is 20.2 Å². The van der Waals surface area contributed by atoms with E-state index < -0.39 is 0 Å². The highest BCUT2D eigenvalue weighted by Crippen LogP contribution is 2.35. The zero-order valence-corrected chi connectivity index (χ0v) is 22.0. The first-order valence-corrected chi connectivity index (χ1v) is 13.7. The Hall–Kier alpha value is -3.89. The minimum Gasteiger partial charge on any atom is -0.368 e. The minimum atomic E-state index is -0.0650. The SMILES string of the molecule is CN1CCN(c2ccc(Nc3ccc(-c4ccnc(C#CC5CCCCC5)c4)c4c3C(=O)NC4)nc2)CC1. The molecule has 7 nitrogen and oxygen atoms in total. The van der Waals surface area contributed by atoms with E-state index in [2.05, 4.69) is 61.4 Å². The molecule has 4 heterocycles. The third-order valence-corrected chi connectivity index (χ3v) is 7.93. The van der Waals surface area contributed by atoms with E-state index in [1.54, 1.807) is 0 Å². The maximum absolute atomic E-state index is 12.9. The minimum absolute atomic E-state index is 0.0650. The number of fused-ring (bicyclic) bond motifs is 1. The second-order valence-electron chi connectivity index (χ2n) is 10.5. The van der Waals surface area contributed by atoms with Crippen molar-refractivity contribution in [3.8, 4) is 23.0 Å². The van der Waals surface area contributed by atoms with Crippen molar-refractivity contribution in [2.75, 3.05) is 43.4 Å². The number of pyridine rings is 2. The second kappa shape index (κ2) is 10.8. The van der Waals surface area contributed by atoms with Gasteiger partial charge < -0.3 is 20.4 Å². The number of amides is 1. The van der Waals surface area contributed by atoms with Crippen LogP contribution in [0.15, 0.2) is 48.8 Å². The zero-order valence-electron chi connectivity index (χ0n) is 22.0. The summed E-state index contributed by atoms with van der Waals surface area (Å²) in [5.74, 6) is 7.88. The number of benzene rings is 1. The van der Waals surface area contributed by atoms with Crippen molar-refractivity contribution in [2.45, 2.75) is 38.6 Å². The number of carbonyl (C=O) groups is 1. The average molecular weight is 507 g/mol. The van der Waals surface area contributed by atoms with Gasteiger partial charge in [0.1, 0.15) is 11.5 Å². The van der Waals surface area contributed by atoms with Gasteiger partial charge >= 0.3 is 0 Å². The third kappa shape index (κ3) is 5.23. The van der Waals surface area contributed by atoms with E-state index >= 15 is 0 Å². The molecule has 0 radical (unpaired) electrons. The normalized spacial score (nSPS) is 17.9. The molecule has 1 aliphatic carbocycles. The largest absolute Gasteiger partial charge is 0.368 e. The molecule has 3 aromatic rings. The van der Waals surface area contributed by atoms with Crippen LogP contribution in [0, 0.1) is 17.8 Å². The van der Waals surface area contributed by atoms with Crippen LogP contribution in [0.1, 0.15) is 53.7 Å². The maximum atomic E-state index is 12.9. The number of nitrogens with zero attached hydrogens (tertiary/aromatic N) is 4. The lowest BCUT2D eigenvalue weighted by molar-refractivity contribution is 0.0966. The molecule has 1 saturated heterocycles. The van der Waals surface area contributed by atoms with Gasteiger partial charge in [-0.05, 0) is 72.8 Å². The van der Waals surface area contributed by atoms with E-state index in [1.807, 2.05) is 36.7 Å². The average Bonchev–Trinajstić information content (AvgIpc) is 3.35. The lowest BCUT2D eigenvalue weighted by atomic mass is 9.90. The summed E-state index contributed by atoms with van der Waals surface area (Å²) in [6, 6.07) is 12.2. The number of rotatable bonds is 4. The van der Waals surface area contributed by atoms with Gasteiger partial charge in [0.05, 0.1) is 23.1 Å². The van der Waals surface area contributed by atoms with Crippen LogP contribution < -0.4 is 15.5 Å². The number of anilines is 3. The van der Waals surface area contributed by atoms with Gasteiger partial charge in [0.2, 0.25) is 0 Å². The molecule has 3 aliphatic rings. The molecular weight excluding hydrogens is 472 g/mol. The topological polar surface area (TPSA) is 73.4 Å². The van der Waals surface area contributed by atoms with Gasteiger partial charge in [-0.3, -0.25) is 4.79 Å². The molecule has 0 bridgehead atoms. The van der Waals surface area contributed by atoms with Gasteiger partial charge in [-0.15, -0.1) is 0 Å². The Kier molecular flexibility index (Phi) is 6.98. The predicted molar refractivity (Wildman–Crippen MR) is 152 cm³/mol. The maximum Gasteiger partial charge on any atom is 0.254 e. The van der Waals surface area contributed by atoms with Gasteiger partial charge in [-0.25, -0.2) is 9.97 Å². The first-order chi connectivity index (χ1) is 18.6. The molecule has 0 atom stereocenters. The Morgan fingerprint density at radius 1 is 1.00 bits per heavy atom. The van der Waals surface area contributed by atoms with Crippen molar-refractivity contribution in [3.63, 3.8) is 0 Å². The molecule has 1 saturated carbocycles. The van der Waals surface area contributed by atoms with Crippen LogP contribution >= 0.6 is 0 Å². The van der Waals surface area contributed by atoms with Gasteiger partial charge in [-0.2, -0.15) is 0 Å². The molecule has 0 spiro atoms. The summed E-state index contributed by atoms with van der Waals surface area (Å²) in [4.78, 5) is 26.7. The highest BCUT2D eigenvalue weighted by Gasteiger charge is 2.26. The van der Waals surface area contributed by atoms with E-state index in [-0.39, 0.29) is 5.91 Å². The molecule has 2 aliphatic heterocycles. The Labute approximate surface area is 224 Å². The monoisotopic (exact) mass is 506 g/mol. The fourth-order valence-electron chi connectivity index (χ4n) is 5.66. The molecular formula is C31H34N6O. The van der Waals surface area contributed by atoms with Crippen molar-refractivity contribution in [1.29, 1.82) is 0 Å². The molecule has 194 valence electrons. The van der Waals surface area contributed by atoms with Crippen LogP contribution in [-0.2, 0) is 6.54 Å². The van der Waals surface area contributed by atoms with Gasteiger partial charge in [0.25, 0.3) is 5.91 Å². The molecule has 1 amide bonds. The van der Waals surface area contributed by atoms with Crippen LogP contribution in [0.3, 0.4) is 0 Å². The number of carbonyl (C=O) groups excluding carboxylic acids is 1. The second-order valence-corrected chi connectivity index (χ2v) is 10.5. The van der Waals surface area contributed by atoms with Crippen LogP contribution in [0.2, 0.25) is 0 Å².